The molecule has 1 unspecified atom stereocenters. The number of hydrogen-bond acceptors (Lipinski definition) is 3. The van der Waals surface area contributed by atoms with Gasteiger partial charge in [-0.05, 0) is 25.3 Å². The van der Waals surface area contributed by atoms with Crippen molar-refractivity contribution in [2.45, 2.75) is 37.6 Å². The second kappa shape index (κ2) is 4.48. The van der Waals surface area contributed by atoms with Crippen LogP contribution in [0, 0.1) is 0 Å². The fraction of sp³-hybridized carbons (Fsp3) is 0.400. The fourth-order valence-electron chi connectivity index (χ4n) is 2.63. The number of benzene rings is 1. The molecule has 1 atom stereocenters. The third kappa shape index (κ3) is 1.78. The van der Waals surface area contributed by atoms with Gasteiger partial charge in [-0.1, -0.05) is 36.8 Å². The van der Waals surface area contributed by atoms with Gasteiger partial charge in [0.05, 0.1) is 0 Å². The number of rotatable bonds is 3. The molecule has 3 rings (SSSR count). The molecule has 0 aliphatic heterocycles. The van der Waals surface area contributed by atoms with Crippen LogP contribution in [0.25, 0.3) is 0 Å². The van der Waals surface area contributed by atoms with Gasteiger partial charge in [0.1, 0.15) is 5.01 Å². The molecule has 0 radical (unpaired) electrons. The van der Waals surface area contributed by atoms with Crippen LogP contribution in [0.2, 0.25) is 0 Å². The molecule has 0 saturated heterocycles. The molecule has 3 heteroatoms. The fourth-order valence-corrected chi connectivity index (χ4v) is 3.77. The van der Waals surface area contributed by atoms with Crippen molar-refractivity contribution in [1.82, 2.24) is 4.98 Å². The summed E-state index contributed by atoms with van der Waals surface area (Å²) in [6.07, 6.45) is 5.67. The van der Waals surface area contributed by atoms with Crippen molar-refractivity contribution >= 4 is 11.3 Å². The lowest BCUT2D eigenvalue weighted by atomic mass is 9.65. The smallest absolute Gasteiger partial charge is 0.103 e. The van der Waals surface area contributed by atoms with E-state index in [1.165, 1.54) is 34.7 Å². The predicted octanol–water partition coefficient (Wildman–Crippen LogP) is 3.63. The summed E-state index contributed by atoms with van der Waals surface area (Å²) in [6, 6.07) is 10.9. The van der Waals surface area contributed by atoms with Crippen LogP contribution >= 0.6 is 11.3 Å². The van der Waals surface area contributed by atoms with Gasteiger partial charge in [-0.15, -0.1) is 11.3 Å². The highest BCUT2D eigenvalue weighted by atomic mass is 32.1. The Morgan fingerprint density at radius 1 is 1.28 bits per heavy atom. The predicted molar refractivity (Wildman–Crippen MR) is 75.8 cm³/mol. The molecule has 1 heterocycles. The summed E-state index contributed by atoms with van der Waals surface area (Å²) in [4.78, 5) is 5.83. The first-order chi connectivity index (χ1) is 8.72. The van der Waals surface area contributed by atoms with Gasteiger partial charge < -0.3 is 5.73 Å². The number of nitrogens with two attached hydrogens (primary N) is 1. The second-order valence-corrected chi connectivity index (χ2v) is 6.22. The Bertz CT molecular complexity index is 526. The molecule has 2 nitrogen and oxygen atoms in total. The van der Waals surface area contributed by atoms with Crippen molar-refractivity contribution in [3.63, 3.8) is 0 Å². The minimum absolute atomic E-state index is 0.0872. The van der Waals surface area contributed by atoms with Gasteiger partial charge in [0.15, 0.2) is 0 Å². The van der Waals surface area contributed by atoms with Crippen LogP contribution in [-0.4, -0.2) is 4.98 Å². The first kappa shape index (κ1) is 11.9. The highest BCUT2D eigenvalue weighted by Gasteiger charge is 2.42. The molecular formula is C15H18N2S. The van der Waals surface area contributed by atoms with Crippen LogP contribution in [0.3, 0.4) is 0 Å². The molecule has 0 spiro atoms. The summed E-state index contributed by atoms with van der Waals surface area (Å²) >= 11 is 1.78. The Hall–Kier alpha value is -1.19. The van der Waals surface area contributed by atoms with E-state index in [1.807, 2.05) is 13.1 Å². The average Bonchev–Trinajstić information content (AvgIpc) is 2.79. The first-order valence-corrected chi connectivity index (χ1v) is 7.31. The Morgan fingerprint density at radius 3 is 2.50 bits per heavy atom. The molecule has 1 saturated carbocycles. The topological polar surface area (TPSA) is 38.9 Å². The van der Waals surface area contributed by atoms with E-state index >= 15 is 0 Å². The van der Waals surface area contributed by atoms with Gasteiger partial charge in [0.2, 0.25) is 0 Å². The minimum Gasteiger partial charge on any atom is -0.323 e. The van der Waals surface area contributed by atoms with Crippen LogP contribution in [-0.2, 0) is 5.41 Å². The molecule has 1 aromatic heterocycles. The zero-order valence-corrected chi connectivity index (χ0v) is 11.4. The van der Waals surface area contributed by atoms with Gasteiger partial charge in [-0.25, -0.2) is 4.98 Å². The minimum atomic E-state index is 0.0872. The maximum Gasteiger partial charge on any atom is 0.103 e. The summed E-state index contributed by atoms with van der Waals surface area (Å²) in [5.41, 5.74) is 7.51. The maximum atomic E-state index is 5.94. The highest BCUT2D eigenvalue weighted by Crippen LogP contribution is 2.50. The molecule has 18 heavy (non-hydrogen) atoms. The number of hydrogen-bond donors (Lipinski definition) is 1. The Morgan fingerprint density at radius 2 is 2.00 bits per heavy atom. The quantitative estimate of drug-likeness (QED) is 0.913. The zero-order valence-electron chi connectivity index (χ0n) is 10.6. The zero-order chi connectivity index (χ0) is 12.6. The van der Waals surface area contributed by atoms with Crippen LogP contribution in [0.1, 0.15) is 47.7 Å². The van der Waals surface area contributed by atoms with Gasteiger partial charge in [-0.2, -0.15) is 0 Å². The molecule has 1 fully saturated rings. The second-order valence-electron chi connectivity index (χ2n) is 5.16. The summed E-state index contributed by atoms with van der Waals surface area (Å²) in [6.45, 7) is 2.02. The van der Waals surface area contributed by atoms with E-state index in [9.17, 15) is 0 Å². The van der Waals surface area contributed by atoms with Crippen molar-refractivity contribution < 1.29 is 0 Å². The average molecular weight is 258 g/mol. The summed E-state index contributed by atoms with van der Waals surface area (Å²) in [5, 5.41) is 1.24. The monoisotopic (exact) mass is 258 g/mol. The van der Waals surface area contributed by atoms with Crippen molar-refractivity contribution in [1.29, 1.82) is 0 Å². The van der Waals surface area contributed by atoms with E-state index in [-0.39, 0.29) is 11.5 Å². The van der Waals surface area contributed by atoms with Gasteiger partial charge >= 0.3 is 0 Å². The van der Waals surface area contributed by atoms with Gasteiger partial charge in [0.25, 0.3) is 0 Å². The molecule has 1 aliphatic rings. The molecule has 94 valence electrons. The standard InChI is InChI=1S/C15H18N2S/c1-11(16)13-10-17-14(18-13)15(8-5-9-15)12-6-3-2-4-7-12/h2-4,6-7,10-11H,5,8-9,16H2,1H3. The molecular weight excluding hydrogens is 240 g/mol. The van der Waals surface area contributed by atoms with Crippen LogP contribution < -0.4 is 5.73 Å². The molecule has 0 amide bonds. The SMILES string of the molecule is CC(N)c1cnc(C2(c3ccccc3)CCC2)s1. The number of thiazole rings is 1. The number of aromatic nitrogens is 1. The third-order valence-corrected chi connectivity index (χ3v) is 5.32. The normalized spacial score (nSPS) is 19.2. The Balaban J connectivity index is 2.01. The molecule has 0 bridgehead atoms. The Labute approximate surface area is 112 Å². The first-order valence-electron chi connectivity index (χ1n) is 6.50. The summed E-state index contributed by atoms with van der Waals surface area (Å²) in [5.74, 6) is 0. The van der Waals surface area contributed by atoms with E-state index in [0.29, 0.717) is 0 Å². The Kier molecular flexibility index (Phi) is 2.96. The van der Waals surface area contributed by atoms with Gasteiger partial charge in [0, 0.05) is 22.5 Å². The van der Waals surface area contributed by atoms with E-state index in [0.717, 1.165) is 0 Å². The van der Waals surface area contributed by atoms with E-state index in [2.05, 4.69) is 35.3 Å². The number of nitrogens with zero attached hydrogens (tertiary/aromatic N) is 1. The van der Waals surface area contributed by atoms with Crippen LogP contribution in [0.5, 0.6) is 0 Å². The molecule has 2 aromatic rings. The lowest BCUT2D eigenvalue weighted by molar-refractivity contribution is 0.300. The summed E-state index contributed by atoms with van der Waals surface area (Å²) in [7, 11) is 0. The lowest BCUT2D eigenvalue weighted by Crippen LogP contribution is -2.35. The van der Waals surface area contributed by atoms with Crippen molar-refractivity contribution in [3.8, 4) is 0 Å². The highest BCUT2D eigenvalue weighted by molar-refractivity contribution is 7.11. The largest absolute Gasteiger partial charge is 0.323 e. The van der Waals surface area contributed by atoms with Crippen molar-refractivity contribution in [2.75, 3.05) is 0 Å². The van der Waals surface area contributed by atoms with Crippen molar-refractivity contribution in [2.24, 2.45) is 5.73 Å². The van der Waals surface area contributed by atoms with E-state index < -0.39 is 0 Å². The van der Waals surface area contributed by atoms with Crippen LogP contribution in [0.15, 0.2) is 36.5 Å². The lowest BCUT2D eigenvalue weighted by Gasteiger charge is -2.40. The van der Waals surface area contributed by atoms with E-state index in [1.54, 1.807) is 11.3 Å². The van der Waals surface area contributed by atoms with Gasteiger partial charge in [-0.3, -0.25) is 0 Å². The maximum absolute atomic E-state index is 5.94. The molecule has 2 N–H and O–H groups in total. The molecule has 1 aromatic carbocycles. The van der Waals surface area contributed by atoms with Crippen molar-refractivity contribution in [3.05, 3.63) is 52.0 Å². The van der Waals surface area contributed by atoms with E-state index in [4.69, 9.17) is 5.73 Å². The summed E-state index contributed by atoms with van der Waals surface area (Å²) < 4.78 is 0. The molecule has 1 aliphatic carbocycles. The van der Waals surface area contributed by atoms with Crippen LogP contribution in [0.4, 0.5) is 0 Å². The third-order valence-electron chi connectivity index (χ3n) is 3.92.